The summed E-state index contributed by atoms with van der Waals surface area (Å²) in [5.41, 5.74) is 7.81. The Morgan fingerprint density at radius 1 is 1.20 bits per heavy atom. The average molecular weight is 268 g/mol. The van der Waals surface area contributed by atoms with Crippen molar-refractivity contribution in [1.29, 1.82) is 0 Å². The predicted octanol–water partition coefficient (Wildman–Crippen LogP) is 1.83. The van der Waals surface area contributed by atoms with E-state index in [9.17, 15) is 5.11 Å². The highest BCUT2D eigenvalue weighted by Gasteiger charge is 2.13. The molecule has 0 aliphatic carbocycles. The van der Waals surface area contributed by atoms with E-state index in [1.54, 1.807) is 42.7 Å². The molecule has 4 N–H and O–H groups in total. The van der Waals surface area contributed by atoms with E-state index in [1.165, 1.54) is 0 Å². The molecule has 2 aromatic heterocycles. The molecule has 0 spiro atoms. The van der Waals surface area contributed by atoms with Gasteiger partial charge in [0.15, 0.2) is 5.84 Å². The van der Waals surface area contributed by atoms with Gasteiger partial charge in [-0.1, -0.05) is 5.16 Å². The monoisotopic (exact) mass is 268 g/mol. The molecule has 0 radical (unpaired) electrons. The third-order valence-electron chi connectivity index (χ3n) is 3.07. The van der Waals surface area contributed by atoms with Crippen LogP contribution in [0.1, 0.15) is 5.56 Å². The smallest absolute Gasteiger partial charge is 0.172 e. The number of oxime groups is 1. The summed E-state index contributed by atoms with van der Waals surface area (Å²) in [7, 11) is 0. The number of nitrogens with two attached hydrogens (primary N) is 1. The van der Waals surface area contributed by atoms with Crippen molar-refractivity contribution in [3.05, 3.63) is 54.4 Å². The van der Waals surface area contributed by atoms with Gasteiger partial charge in [0.05, 0.1) is 0 Å². The number of phenols is 1. The van der Waals surface area contributed by atoms with Crippen LogP contribution in [0.4, 0.5) is 0 Å². The summed E-state index contributed by atoms with van der Waals surface area (Å²) in [5, 5.41) is 22.0. The van der Waals surface area contributed by atoms with Gasteiger partial charge in [-0.15, -0.1) is 0 Å². The zero-order chi connectivity index (χ0) is 14.1. The molecule has 100 valence electrons. The Morgan fingerprint density at radius 2 is 1.95 bits per heavy atom. The van der Waals surface area contributed by atoms with E-state index in [0.29, 0.717) is 11.2 Å². The fraction of sp³-hybridized carbons (Fsp3) is 0. The van der Waals surface area contributed by atoms with E-state index >= 15 is 0 Å². The molecule has 0 amide bonds. The molecule has 0 fully saturated rings. The number of pyridine rings is 1. The van der Waals surface area contributed by atoms with Crippen molar-refractivity contribution in [2.45, 2.75) is 0 Å². The van der Waals surface area contributed by atoms with E-state index < -0.39 is 0 Å². The summed E-state index contributed by atoms with van der Waals surface area (Å²) in [6.45, 7) is 0. The van der Waals surface area contributed by atoms with Crippen LogP contribution in [-0.4, -0.2) is 25.7 Å². The van der Waals surface area contributed by atoms with Crippen LogP contribution in [0, 0.1) is 0 Å². The molecule has 3 aromatic rings. The SMILES string of the molecule is N/C(=N\O)c1cn(-c2ccc(O)cc2)c2ncccc12. The Morgan fingerprint density at radius 3 is 2.65 bits per heavy atom. The highest BCUT2D eigenvalue weighted by Crippen LogP contribution is 2.24. The van der Waals surface area contributed by atoms with Gasteiger partial charge in [-0.25, -0.2) is 4.98 Å². The first-order valence-corrected chi connectivity index (χ1v) is 5.94. The Labute approximate surface area is 114 Å². The van der Waals surface area contributed by atoms with Crippen LogP contribution in [0.15, 0.2) is 53.9 Å². The van der Waals surface area contributed by atoms with Crippen LogP contribution in [0.3, 0.4) is 0 Å². The maximum atomic E-state index is 9.35. The molecule has 0 saturated heterocycles. The fourth-order valence-corrected chi connectivity index (χ4v) is 2.13. The van der Waals surface area contributed by atoms with E-state index in [4.69, 9.17) is 10.9 Å². The van der Waals surface area contributed by atoms with Gasteiger partial charge in [-0.2, -0.15) is 0 Å². The van der Waals surface area contributed by atoms with Crippen LogP contribution in [0.2, 0.25) is 0 Å². The van der Waals surface area contributed by atoms with Crippen LogP contribution >= 0.6 is 0 Å². The highest BCUT2D eigenvalue weighted by molar-refractivity contribution is 6.08. The van der Waals surface area contributed by atoms with Gasteiger partial charge in [0.2, 0.25) is 0 Å². The molecular formula is C14H12N4O2. The third kappa shape index (κ3) is 1.83. The minimum absolute atomic E-state index is 0.0283. The number of hydrogen-bond acceptors (Lipinski definition) is 4. The fourth-order valence-electron chi connectivity index (χ4n) is 2.13. The second-order valence-corrected chi connectivity index (χ2v) is 4.29. The zero-order valence-corrected chi connectivity index (χ0v) is 10.4. The Kier molecular flexibility index (Phi) is 2.76. The predicted molar refractivity (Wildman–Crippen MR) is 75.2 cm³/mol. The second kappa shape index (κ2) is 4.58. The van der Waals surface area contributed by atoms with Crippen molar-refractivity contribution in [2.24, 2.45) is 10.9 Å². The lowest BCUT2D eigenvalue weighted by atomic mass is 10.2. The molecule has 0 atom stereocenters. The summed E-state index contributed by atoms with van der Waals surface area (Å²) >= 11 is 0. The molecule has 20 heavy (non-hydrogen) atoms. The number of phenolic OH excluding ortho intramolecular Hbond substituents is 1. The summed E-state index contributed by atoms with van der Waals surface area (Å²) in [4.78, 5) is 4.33. The second-order valence-electron chi connectivity index (χ2n) is 4.29. The van der Waals surface area contributed by atoms with E-state index in [2.05, 4.69) is 10.1 Å². The molecule has 6 nitrogen and oxygen atoms in total. The molecule has 0 aliphatic rings. The topological polar surface area (TPSA) is 96.7 Å². The van der Waals surface area contributed by atoms with Crippen LogP contribution in [0.5, 0.6) is 5.75 Å². The molecule has 6 heteroatoms. The molecule has 2 heterocycles. The number of aromatic nitrogens is 2. The molecule has 0 bridgehead atoms. The van der Waals surface area contributed by atoms with Gasteiger partial charge in [0.25, 0.3) is 0 Å². The van der Waals surface area contributed by atoms with Crippen molar-refractivity contribution in [3.63, 3.8) is 0 Å². The Balaban J connectivity index is 2.29. The minimum Gasteiger partial charge on any atom is -0.508 e. The minimum atomic E-state index is 0.0283. The highest BCUT2D eigenvalue weighted by atomic mass is 16.4. The summed E-state index contributed by atoms with van der Waals surface area (Å²) in [6, 6.07) is 10.4. The summed E-state index contributed by atoms with van der Waals surface area (Å²) < 4.78 is 1.82. The van der Waals surface area contributed by atoms with Crippen molar-refractivity contribution in [1.82, 2.24) is 9.55 Å². The van der Waals surface area contributed by atoms with E-state index in [0.717, 1.165) is 11.1 Å². The van der Waals surface area contributed by atoms with Gasteiger partial charge >= 0.3 is 0 Å². The average Bonchev–Trinajstić information content (AvgIpc) is 2.87. The lowest BCUT2D eigenvalue weighted by molar-refractivity contribution is 0.318. The number of rotatable bonds is 2. The standard InChI is InChI=1S/C14H12N4O2/c15-13(17-20)12-8-18(9-3-5-10(19)6-4-9)14-11(12)2-1-7-16-14/h1-8,19-20H,(H2,15,17). The molecule has 0 aliphatic heterocycles. The first-order chi connectivity index (χ1) is 9.70. The number of benzene rings is 1. The van der Waals surface area contributed by atoms with Crippen molar-refractivity contribution in [2.75, 3.05) is 0 Å². The molecule has 3 rings (SSSR count). The maximum Gasteiger partial charge on any atom is 0.172 e. The summed E-state index contributed by atoms with van der Waals surface area (Å²) in [5.74, 6) is 0.218. The van der Waals surface area contributed by atoms with Crippen LogP contribution < -0.4 is 5.73 Å². The number of nitrogens with zero attached hydrogens (tertiary/aromatic N) is 3. The van der Waals surface area contributed by atoms with Crippen molar-refractivity contribution in [3.8, 4) is 11.4 Å². The van der Waals surface area contributed by atoms with Gasteiger partial charge in [0, 0.05) is 29.0 Å². The first kappa shape index (κ1) is 12.0. The van der Waals surface area contributed by atoms with Gasteiger partial charge in [-0.3, -0.25) is 0 Å². The molecular weight excluding hydrogens is 256 g/mol. The van der Waals surface area contributed by atoms with Gasteiger partial charge in [-0.05, 0) is 36.4 Å². The van der Waals surface area contributed by atoms with Crippen molar-refractivity contribution >= 4 is 16.9 Å². The third-order valence-corrected chi connectivity index (χ3v) is 3.07. The van der Waals surface area contributed by atoms with Crippen LogP contribution in [-0.2, 0) is 0 Å². The Bertz CT molecular complexity index is 791. The molecule has 0 saturated carbocycles. The van der Waals surface area contributed by atoms with Crippen LogP contribution in [0.25, 0.3) is 16.7 Å². The first-order valence-electron chi connectivity index (χ1n) is 5.94. The normalized spacial score (nSPS) is 11.9. The zero-order valence-electron chi connectivity index (χ0n) is 10.4. The lowest BCUT2D eigenvalue weighted by Gasteiger charge is -2.04. The Hall–Kier alpha value is -3.02. The number of amidine groups is 1. The maximum absolute atomic E-state index is 9.35. The largest absolute Gasteiger partial charge is 0.508 e. The number of fused-ring (bicyclic) bond motifs is 1. The quantitative estimate of drug-likeness (QED) is 0.286. The summed E-state index contributed by atoms with van der Waals surface area (Å²) in [6.07, 6.45) is 3.43. The molecule has 0 unspecified atom stereocenters. The van der Waals surface area contributed by atoms with E-state index in [-0.39, 0.29) is 11.6 Å². The van der Waals surface area contributed by atoms with Gasteiger partial charge in [0.1, 0.15) is 11.4 Å². The number of aromatic hydroxyl groups is 1. The van der Waals surface area contributed by atoms with E-state index in [1.807, 2.05) is 10.6 Å². The lowest BCUT2D eigenvalue weighted by Crippen LogP contribution is -2.12. The number of hydrogen-bond donors (Lipinski definition) is 3. The van der Waals surface area contributed by atoms with Crippen molar-refractivity contribution < 1.29 is 10.3 Å². The van der Waals surface area contributed by atoms with Gasteiger partial charge < -0.3 is 20.6 Å². The molecule has 1 aromatic carbocycles.